The van der Waals surface area contributed by atoms with Crippen molar-refractivity contribution in [2.24, 2.45) is 0 Å². The summed E-state index contributed by atoms with van der Waals surface area (Å²) in [4.78, 5) is 15.4. The van der Waals surface area contributed by atoms with E-state index in [9.17, 15) is 4.79 Å². The first-order valence-corrected chi connectivity index (χ1v) is 4.81. The summed E-state index contributed by atoms with van der Waals surface area (Å²) in [7, 11) is 1.31. The number of rotatable bonds is 2. The van der Waals surface area contributed by atoms with Gasteiger partial charge in [0.15, 0.2) is 11.5 Å². The van der Waals surface area contributed by atoms with Gasteiger partial charge in [-0.1, -0.05) is 0 Å². The van der Waals surface area contributed by atoms with Crippen molar-refractivity contribution in [1.29, 1.82) is 0 Å². The van der Waals surface area contributed by atoms with Gasteiger partial charge >= 0.3 is 5.97 Å². The standard InChI is InChI=1S/C11H11NO4/c1-14-11(13)10-8(3-2-4-12-10)9-7-15-5-6-16-9/h2-4,7H,5-6H2,1H3. The average molecular weight is 221 g/mol. The lowest BCUT2D eigenvalue weighted by Crippen LogP contribution is -2.12. The number of carbonyl (C=O) groups is 1. The molecule has 5 heteroatoms. The Morgan fingerprint density at radius 2 is 2.38 bits per heavy atom. The van der Waals surface area contributed by atoms with E-state index in [1.54, 1.807) is 12.1 Å². The van der Waals surface area contributed by atoms with Gasteiger partial charge in [-0.25, -0.2) is 9.78 Å². The first-order valence-electron chi connectivity index (χ1n) is 4.81. The van der Waals surface area contributed by atoms with E-state index in [1.807, 2.05) is 0 Å². The molecule has 2 rings (SSSR count). The van der Waals surface area contributed by atoms with Gasteiger partial charge in [0.25, 0.3) is 0 Å². The van der Waals surface area contributed by atoms with Crippen LogP contribution in [0, 0.1) is 0 Å². The van der Waals surface area contributed by atoms with Crippen LogP contribution in [0.5, 0.6) is 0 Å². The zero-order chi connectivity index (χ0) is 11.4. The van der Waals surface area contributed by atoms with Gasteiger partial charge in [-0.05, 0) is 12.1 Å². The number of nitrogens with zero attached hydrogens (tertiary/aromatic N) is 1. The van der Waals surface area contributed by atoms with Crippen LogP contribution in [0.3, 0.4) is 0 Å². The maximum atomic E-state index is 11.5. The molecule has 0 saturated carbocycles. The largest absolute Gasteiger partial charge is 0.494 e. The van der Waals surface area contributed by atoms with Crippen molar-refractivity contribution >= 4 is 11.7 Å². The molecule has 0 atom stereocenters. The molecule has 16 heavy (non-hydrogen) atoms. The molecule has 0 unspecified atom stereocenters. The first kappa shape index (κ1) is 10.5. The van der Waals surface area contributed by atoms with E-state index >= 15 is 0 Å². The fourth-order valence-electron chi connectivity index (χ4n) is 1.37. The molecule has 5 nitrogen and oxygen atoms in total. The van der Waals surface area contributed by atoms with Gasteiger partial charge in [-0.15, -0.1) is 0 Å². The lowest BCUT2D eigenvalue weighted by atomic mass is 10.1. The number of carbonyl (C=O) groups excluding carboxylic acids is 1. The molecule has 0 N–H and O–H groups in total. The predicted octanol–water partition coefficient (Wildman–Crippen LogP) is 1.21. The van der Waals surface area contributed by atoms with Crippen molar-refractivity contribution in [3.8, 4) is 0 Å². The smallest absolute Gasteiger partial charge is 0.357 e. The third kappa shape index (κ3) is 1.98. The molecule has 0 fully saturated rings. The number of ether oxygens (including phenoxy) is 3. The molecule has 1 aromatic heterocycles. The normalized spacial score (nSPS) is 14.4. The summed E-state index contributed by atoms with van der Waals surface area (Å²) in [6.45, 7) is 0.971. The van der Waals surface area contributed by atoms with Gasteiger partial charge in [0.05, 0.1) is 12.7 Å². The van der Waals surface area contributed by atoms with Gasteiger partial charge in [0.1, 0.15) is 19.5 Å². The minimum Gasteiger partial charge on any atom is -0.494 e. The van der Waals surface area contributed by atoms with E-state index in [1.165, 1.54) is 19.6 Å². The Hall–Kier alpha value is -2.04. The van der Waals surface area contributed by atoms with Gasteiger partial charge in [0, 0.05) is 6.20 Å². The number of hydrogen-bond acceptors (Lipinski definition) is 5. The number of pyridine rings is 1. The van der Waals surface area contributed by atoms with E-state index in [-0.39, 0.29) is 5.69 Å². The second kappa shape index (κ2) is 4.65. The first-order chi connectivity index (χ1) is 7.83. The lowest BCUT2D eigenvalue weighted by molar-refractivity contribution is 0.0592. The minimum absolute atomic E-state index is 0.224. The van der Waals surface area contributed by atoms with Gasteiger partial charge in [0.2, 0.25) is 0 Å². The molecule has 0 spiro atoms. The summed E-state index contributed by atoms with van der Waals surface area (Å²) in [5, 5.41) is 0. The summed E-state index contributed by atoms with van der Waals surface area (Å²) in [6, 6.07) is 3.46. The second-order valence-electron chi connectivity index (χ2n) is 3.09. The number of esters is 1. The molecule has 0 amide bonds. The number of aromatic nitrogens is 1. The zero-order valence-corrected chi connectivity index (χ0v) is 8.80. The summed E-state index contributed by atoms with van der Waals surface area (Å²) in [6.07, 6.45) is 3.01. The van der Waals surface area contributed by atoms with Crippen molar-refractivity contribution in [3.05, 3.63) is 35.8 Å². The molecule has 0 radical (unpaired) electrons. The maximum absolute atomic E-state index is 11.5. The van der Waals surface area contributed by atoms with Crippen LogP contribution >= 0.6 is 0 Å². The van der Waals surface area contributed by atoms with Crippen molar-refractivity contribution in [3.63, 3.8) is 0 Å². The highest BCUT2D eigenvalue weighted by Gasteiger charge is 2.18. The van der Waals surface area contributed by atoms with Gasteiger partial charge < -0.3 is 14.2 Å². The van der Waals surface area contributed by atoms with Crippen LogP contribution in [0.4, 0.5) is 0 Å². The van der Waals surface area contributed by atoms with E-state index in [0.717, 1.165) is 0 Å². The molecule has 0 saturated heterocycles. The van der Waals surface area contributed by atoms with Gasteiger partial charge in [-0.3, -0.25) is 0 Å². The summed E-state index contributed by atoms with van der Waals surface area (Å²) >= 11 is 0. The molecular formula is C11H11NO4. The molecule has 0 bridgehead atoms. The molecule has 0 aliphatic carbocycles. The molecule has 84 valence electrons. The maximum Gasteiger partial charge on any atom is 0.357 e. The van der Waals surface area contributed by atoms with Crippen molar-refractivity contribution in [1.82, 2.24) is 4.98 Å². The molecule has 1 aliphatic rings. The fraction of sp³-hybridized carbons (Fsp3) is 0.273. The van der Waals surface area contributed by atoms with Crippen molar-refractivity contribution < 1.29 is 19.0 Å². The molecule has 1 aliphatic heterocycles. The highest BCUT2D eigenvalue weighted by Crippen LogP contribution is 2.21. The predicted molar refractivity (Wildman–Crippen MR) is 55.5 cm³/mol. The average Bonchev–Trinajstić information content (AvgIpc) is 2.39. The summed E-state index contributed by atoms with van der Waals surface area (Å²) in [5.74, 6) is 0.00502. The quantitative estimate of drug-likeness (QED) is 0.702. The van der Waals surface area contributed by atoms with E-state index < -0.39 is 5.97 Å². The topological polar surface area (TPSA) is 57.7 Å². The van der Waals surface area contributed by atoms with Crippen LogP contribution in [-0.4, -0.2) is 31.3 Å². The Morgan fingerprint density at radius 3 is 3.06 bits per heavy atom. The highest BCUT2D eigenvalue weighted by atomic mass is 16.6. The Kier molecular flexibility index (Phi) is 3.05. The zero-order valence-electron chi connectivity index (χ0n) is 8.80. The lowest BCUT2D eigenvalue weighted by Gasteiger charge is -2.16. The van der Waals surface area contributed by atoms with Crippen LogP contribution in [0.2, 0.25) is 0 Å². The van der Waals surface area contributed by atoms with Crippen LogP contribution in [0.15, 0.2) is 24.6 Å². The second-order valence-corrected chi connectivity index (χ2v) is 3.09. The Morgan fingerprint density at radius 1 is 1.50 bits per heavy atom. The van der Waals surface area contributed by atoms with Crippen molar-refractivity contribution in [2.75, 3.05) is 20.3 Å². The third-order valence-electron chi connectivity index (χ3n) is 2.10. The Bertz CT molecular complexity index is 428. The fourth-order valence-corrected chi connectivity index (χ4v) is 1.37. The Balaban J connectivity index is 2.39. The molecule has 0 aromatic carbocycles. The van der Waals surface area contributed by atoms with E-state index in [4.69, 9.17) is 9.47 Å². The monoisotopic (exact) mass is 221 g/mol. The van der Waals surface area contributed by atoms with E-state index in [0.29, 0.717) is 24.5 Å². The Labute approximate surface area is 92.6 Å². The SMILES string of the molecule is COC(=O)c1ncccc1C1=COCCO1. The number of methoxy groups -OCH3 is 1. The van der Waals surface area contributed by atoms with Crippen molar-refractivity contribution in [2.45, 2.75) is 0 Å². The van der Waals surface area contributed by atoms with Crippen LogP contribution in [0.25, 0.3) is 5.76 Å². The summed E-state index contributed by atoms with van der Waals surface area (Å²) < 4.78 is 15.2. The molecule has 2 heterocycles. The minimum atomic E-state index is -0.495. The van der Waals surface area contributed by atoms with Gasteiger partial charge in [-0.2, -0.15) is 0 Å². The number of hydrogen-bond donors (Lipinski definition) is 0. The van der Waals surface area contributed by atoms with Crippen LogP contribution in [0.1, 0.15) is 16.1 Å². The molecule has 1 aromatic rings. The van der Waals surface area contributed by atoms with E-state index in [2.05, 4.69) is 9.72 Å². The summed E-state index contributed by atoms with van der Waals surface area (Å²) in [5.41, 5.74) is 0.802. The van der Waals surface area contributed by atoms with Crippen LogP contribution in [-0.2, 0) is 14.2 Å². The third-order valence-corrected chi connectivity index (χ3v) is 2.10. The molecular weight excluding hydrogens is 210 g/mol. The van der Waals surface area contributed by atoms with Crippen LogP contribution < -0.4 is 0 Å². The highest BCUT2D eigenvalue weighted by molar-refractivity contribution is 5.92.